The van der Waals surface area contributed by atoms with Gasteiger partial charge in [0, 0.05) is 26.2 Å². The van der Waals surface area contributed by atoms with Gasteiger partial charge in [-0.25, -0.2) is 15.0 Å². The maximum absolute atomic E-state index is 6.12. The van der Waals surface area contributed by atoms with Crippen LogP contribution in [0.25, 0.3) is 10.8 Å². The number of rotatable bonds is 2. The van der Waals surface area contributed by atoms with Crippen LogP contribution in [0.5, 0.6) is 0 Å². The zero-order chi connectivity index (χ0) is 14.2. The van der Waals surface area contributed by atoms with E-state index in [4.69, 9.17) is 10.2 Å². The number of thiazole rings is 1. The standard InChI is InChI=1S/C13H16N6OS/c14-13-17-11-9(8-19(13)18-5-3-15-4-6-18)16-12(21-11)10-2-1-7-20-10/h1-2,7,15H,3-6,8H2,(H2,14,17). The first-order chi connectivity index (χ1) is 10.3. The van der Waals surface area contributed by atoms with E-state index in [0.717, 1.165) is 47.6 Å². The van der Waals surface area contributed by atoms with Gasteiger partial charge >= 0.3 is 0 Å². The van der Waals surface area contributed by atoms with Crippen molar-refractivity contribution in [3.05, 3.63) is 24.1 Å². The van der Waals surface area contributed by atoms with Gasteiger partial charge < -0.3 is 15.5 Å². The van der Waals surface area contributed by atoms with Crippen LogP contribution in [0.1, 0.15) is 5.69 Å². The molecule has 0 radical (unpaired) electrons. The van der Waals surface area contributed by atoms with Crippen molar-refractivity contribution in [2.45, 2.75) is 6.54 Å². The van der Waals surface area contributed by atoms with Gasteiger partial charge in [0.05, 0.1) is 18.5 Å². The quantitative estimate of drug-likeness (QED) is 0.861. The molecule has 4 heterocycles. The highest BCUT2D eigenvalue weighted by atomic mass is 32.1. The first kappa shape index (κ1) is 12.8. The molecule has 0 unspecified atom stereocenters. The summed E-state index contributed by atoms with van der Waals surface area (Å²) in [6.45, 7) is 4.46. The van der Waals surface area contributed by atoms with Gasteiger partial charge in [-0.15, -0.1) is 0 Å². The van der Waals surface area contributed by atoms with Gasteiger partial charge in [0.2, 0.25) is 5.96 Å². The largest absolute Gasteiger partial charge is 0.462 e. The summed E-state index contributed by atoms with van der Waals surface area (Å²) in [6.07, 6.45) is 1.65. The van der Waals surface area contributed by atoms with Crippen LogP contribution >= 0.6 is 11.3 Å². The third kappa shape index (κ3) is 2.31. The topological polar surface area (TPSA) is 82.9 Å². The van der Waals surface area contributed by atoms with Crippen LogP contribution in [0, 0.1) is 0 Å². The maximum Gasteiger partial charge on any atom is 0.212 e. The number of fused-ring (bicyclic) bond motifs is 1. The Morgan fingerprint density at radius 2 is 2.19 bits per heavy atom. The lowest BCUT2D eigenvalue weighted by molar-refractivity contribution is 0.0220. The Hall–Kier alpha value is -1.90. The number of hydrogen-bond donors (Lipinski definition) is 2. The number of aliphatic imine (C=N–C) groups is 1. The Morgan fingerprint density at radius 3 is 2.95 bits per heavy atom. The Morgan fingerprint density at radius 1 is 1.33 bits per heavy atom. The first-order valence-corrected chi connectivity index (χ1v) is 7.74. The van der Waals surface area contributed by atoms with Gasteiger partial charge in [0.25, 0.3) is 0 Å². The van der Waals surface area contributed by atoms with Crippen molar-refractivity contribution >= 4 is 22.3 Å². The summed E-state index contributed by atoms with van der Waals surface area (Å²) < 4.78 is 5.40. The third-order valence-corrected chi connectivity index (χ3v) is 4.63. The second-order valence-corrected chi connectivity index (χ2v) is 5.96. The predicted octanol–water partition coefficient (Wildman–Crippen LogP) is 0.985. The maximum atomic E-state index is 6.12. The van der Waals surface area contributed by atoms with Crippen molar-refractivity contribution in [1.82, 2.24) is 20.3 Å². The fourth-order valence-corrected chi connectivity index (χ4v) is 3.49. The van der Waals surface area contributed by atoms with E-state index >= 15 is 0 Å². The molecule has 0 spiro atoms. The number of guanidine groups is 1. The minimum absolute atomic E-state index is 0.541. The van der Waals surface area contributed by atoms with Crippen molar-refractivity contribution in [2.24, 2.45) is 10.7 Å². The first-order valence-electron chi connectivity index (χ1n) is 6.92. The molecule has 0 aliphatic carbocycles. The molecule has 2 aliphatic heterocycles. The van der Waals surface area contributed by atoms with Gasteiger partial charge in [0.15, 0.2) is 10.8 Å². The van der Waals surface area contributed by atoms with E-state index in [-0.39, 0.29) is 0 Å². The van der Waals surface area contributed by atoms with Crippen molar-refractivity contribution < 1.29 is 4.42 Å². The lowest BCUT2D eigenvalue weighted by Crippen LogP contribution is -2.56. The molecule has 4 rings (SSSR count). The molecule has 2 aromatic heterocycles. The van der Waals surface area contributed by atoms with Crippen LogP contribution in [0.2, 0.25) is 0 Å². The molecule has 0 amide bonds. The Bertz CT molecular complexity index is 658. The van der Waals surface area contributed by atoms with E-state index < -0.39 is 0 Å². The smallest absolute Gasteiger partial charge is 0.212 e. The van der Waals surface area contributed by atoms with E-state index in [1.54, 1.807) is 6.26 Å². The number of nitrogens with two attached hydrogens (primary N) is 1. The van der Waals surface area contributed by atoms with Gasteiger partial charge in [0.1, 0.15) is 5.00 Å². The third-order valence-electron chi connectivity index (χ3n) is 3.62. The molecular weight excluding hydrogens is 288 g/mol. The summed E-state index contributed by atoms with van der Waals surface area (Å²) in [7, 11) is 0. The monoisotopic (exact) mass is 304 g/mol. The molecule has 1 saturated heterocycles. The number of hydrazine groups is 1. The number of hydrogen-bond acceptors (Lipinski definition) is 8. The second-order valence-electron chi connectivity index (χ2n) is 4.98. The molecule has 2 aromatic rings. The molecule has 0 bridgehead atoms. The summed E-state index contributed by atoms with van der Waals surface area (Å²) in [4.78, 5) is 9.16. The number of nitrogens with one attached hydrogen (secondary N) is 1. The summed E-state index contributed by atoms with van der Waals surface area (Å²) >= 11 is 1.52. The van der Waals surface area contributed by atoms with Crippen molar-refractivity contribution in [3.63, 3.8) is 0 Å². The van der Waals surface area contributed by atoms with Gasteiger partial charge in [-0.05, 0) is 12.1 Å². The Kier molecular flexibility index (Phi) is 3.13. The lowest BCUT2D eigenvalue weighted by Gasteiger charge is -2.39. The fraction of sp³-hybridized carbons (Fsp3) is 0.385. The van der Waals surface area contributed by atoms with Crippen molar-refractivity contribution in [1.29, 1.82) is 0 Å². The highest BCUT2D eigenvalue weighted by Gasteiger charge is 2.27. The highest BCUT2D eigenvalue weighted by Crippen LogP contribution is 2.37. The Labute approximate surface area is 126 Å². The summed E-state index contributed by atoms with van der Waals surface area (Å²) in [5, 5.41) is 9.32. The molecule has 7 nitrogen and oxygen atoms in total. The second kappa shape index (κ2) is 5.14. The normalized spacial score (nSPS) is 19.4. The summed E-state index contributed by atoms with van der Waals surface area (Å²) in [5.74, 6) is 1.32. The van der Waals surface area contributed by atoms with E-state index in [9.17, 15) is 0 Å². The van der Waals surface area contributed by atoms with Crippen LogP contribution in [-0.4, -0.2) is 47.1 Å². The highest BCUT2D eigenvalue weighted by molar-refractivity contribution is 7.18. The van der Waals surface area contributed by atoms with Crippen LogP contribution in [0.3, 0.4) is 0 Å². The van der Waals surface area contributed by atoms with E-state index in [1.807, 2.05) is 17.1 Å². The zero-order valence-corrected chi connectivity index (χ0v) is 12.3. The predicted molar refractivity (Wildman–Crippen MR) is 81.1 cm³/mol. The van der Waals surface area contributed by atoms with Crippen molar-refractivity contribution in [2.75, 3.05) is 26.2 Å². The van der Waals surface area contributed by atoms with Crippen LogP contribution in [-0.2, 0) is 6.54 Å². The molecule has 0 aromatic carbocycles. The average Bonchev–Trinajstić information content (AvgIpc) is 3.16. The van der Waals surface area contributed by atoms with Gasteiger partial charge in [-0.3, -0.25) is 5.01 Å². The van der Waals surface area contributed by atoms with Crippen LogP contribution in [0.15, 0.2) is 27.8 Å². The fourth-order valence-electron chi connectivity index (χ4n) is 2.56. The SMILES string of the molecule is NC1=Nc2sc(-c3ccco3)nc2CN1N1CCNCC1. The molecular formula is C13H16N6OS. The van der Waals surface area contributed by atoms with E-state index in [0.29, 0.717) is 12.5 Å². The van der Waals surface area contributed by atoms with Crippen LogP contribution in [0.4, 0.5) is 5.00 Å². The van der Waals surface area contributed by atoms with Gasteiger partial charge in [-0.2, -0.15) is 0 Å². The van der Waals surface area contributed by atoms with E-state index in [1.165, 1.54) is 11.3 Å². The number of nitrogens with zero attached hydrogens (tertiary/aromatic N) is 4. The zero-order valence-electron chi connectivity index (χ0n) is 11.5. The minimum Gasteiger partial charge on any atom is -0.462 e. The molecule has 21 heavy (non-hydrogen) atoms. The molecule has 2 aliphatic rings. The molecule has 3 N–H and O–H groups in total. The van der Waals surface area contributed by atoms with Crippen molar-refractivity contribution in [3.8, 4) is 10.8 Å². The van der Waals surface area contributed by atoms with Gasteiger partial charge in [-0.1, -0.05) is 11.3 Å². The molecule has 0 saturated carbocycles. The molecule has 8 heteroatoms. The number of aromatic nitrogens is 1. The number of furan rings is 1. The summed E-state index contributed by atoms with van der Waals surface area (Å²) in [5.41, 5.74) is 7.08. The molecule has 1 fully saturated rings. The van der Waals surface area contributed by atoms with Crippen LogP contribution < -0.4 is 11.1 Å². The minimum atomic E-state index is 0.541. The lowest BCUT2D eigenvalue weighted by atomic mass is 10.3. The Balaban J connectivity index is 1.62. The molecule has 110 valence electrons. The summed E-state index contributed by atoms with van der Waals surface area (Å²) in [6, 6.07) is 3.77. The average molecular weight is 304 g/mol. The molecule has 0 atom stereocenters. The number of piperazine rings is 1. The van der Waals surface area contributed by atoms with E-state index in [2.05, 4.69) is 20.3 Å².